The minimum atomic E-state index is -0.153. The average molecular weight is 298 g/mol. The van der Waals surface area contributed by atoms with Gasteiger partial charge in [-0.1, -0.05) is 0 Å². The van der Waals surface area contributed by atoms with Crippen molar-refractivity contribution in [1.82, 2.24) is 0 Å². The molecule has 0 saturated carbocycles. The lowest BCUT2D eigenvalue weighted by atomic mass is 10.1. The molecule has 0 spiro atoms. The number of carbonyl (C=O) groups is 2. The summed E-state index contributed by atoms with van der Waals surface area (Å²) in [6, 6.07) is 5.39. The number of halogens is 1. The van der Waals surface area contributed by atoms with E-state index >= 15 is 0 Å². The van der Waals surface area contributed by atoms with E-state index in [0.29, 0.717) is 12.8 Å². The summed E-state index contributed by atoms with van der Waals surface area (Å²) in [6.45, 7) is 1.80. The number of nitrogens with one attached hydrogen (secondary N) is 2. The third kappa shape index (κ3) is 4.51. The van der Waals surface area contributed by atoms with Gasteiger partial charge in [0.25, 0.3) is 0 Å². The van der Waals surface area contributed by atoms with Crippen LogP contribution in [0.5, 0.6) is 0 Å². The molecule has 0 aliphatic carbocycles. The Balaban J connectivity index is 0.00000200. The van der Waals surface area contributed by atoms with Crippen LogP contribution in [-0.2, 0) is 16.0 Å². The Morgan fingerprint density at radius 1 is 1.45 bits per heavy atom. The molecule has 110 valence electrons. The number of carbonyl (C=O) groups excluding carboxylic acids is 2. The average Bonchev–Trinajstić information content (AvgIpc) is 2.48. The fourth-order valence-corrected chi connectivity index (χ4v) is 2.16. The van der Waals surface area contributed by atoms with Gasteiger partial charge in [-0.05, 0) is 43.5 Å². The van der Waals surface area contributed by atoms with Crippen molar-refractivity contribution in [3.63, 3.8) is 0 Å². The van der Waals surface area contributed by atoms with Crippen molar-refractivity contribution in [3.8, 4) is 0 Å². The molecule has 1 atom stereocenters. The molecule has 1 heterocycles. The number of amides is 2. The number of rotatable bonds is 3. The molecule has 1 unspecified atom stereocenters. The van der Waals surface area contributed by atoms with Gasteiger partial charge in [0.2, 0.25) is 11.8 Å². The lowest BCUT2D eigenvalue weighted by Crippen LogP contribution is -2.24. The van der Waals surface area contributed by atoms with E-state index in [4.69, 9.17) is 5.73 Å². The summed E-state index contributed by atoms with van der Waals surface area (Å²) in [5.74, 6) is -0.0416. The maximum Gasteiger partial charge on any atom is 0.225 e. The number of nitrogens with two attached hydrogens (primary N) is 1. The first kappa shape index (κ1) is 16.5. The van der Waals surface area contributed by atoms with Gasteiger partial charge in [0.05, 0.1) is 0 Å². The molecular formula is C14H20ClN3O2. The van der Waals surface area contributed by atoms with E-state index in [2.05, 4.69) is 10.6 Å². The van der Waals surface area contributed by atoms with Gasteiger partial charge in [-0.3, -0.25) is 9.59 Å². The Kier molecular flexibility index (Phi) is 5.98. The molecule has 1 aliphatic heterocycles. The molecule has 6 heteroatoms. The van der Waals surface area contributed by atoms with Crippen molar-refractivity contribution >= 4 is 35.6 Å². The van der Waals surface area contributed by atoms with Crippen LogP contribution in [0.3, 0.4) is 0 Å². The van der Waals surface area contributed by atoms with Crippen molar-refractivity contribution in [2.24, 2.45) is 5.73 Å². The first-order valence-corrected chi connectivity index (χ1v) is 6.53. The monoisotopic (exact) mass is 297 g/mol. The molecule has 5 nitrogen and oxygen atoms in total. The minimum absolute atomic E-state index is 0. The first-order chi connectivity index (χ1) is 9.04. The largest absolute Gasteiger partial charge is 0.327 e. The van der Waals surface area contributed by atoms with Gasteiger partial charge < -0.3 is 16.4 Å². The summed E-state index contributed by atoms with van der Waals surface area (Å²) in [5, 5.41) is 5.69. The molecule has 2 rings (SSSR count). The number of hydrogen-bond acceptors (Lipinski definition) is 3. The predicted molar refractivity (Wildman–Crippen MR) is 82.2 cm³/mol. The molecular weight excluding hydrogens is 278 g/mol. The van der Waals surface area contributed by atoms with E-state index in [1.54, 1.807) is 13.0 Å². The van der Waals surface area contributed by atoms with Crippen LogP contribution < -0.4 is 16.4 Å². The molecule has 0 fully saturated rings. The molecule has 20 heavy (non-hydrogen) atoms. The molecule has 0 aromatic heterocycles. The van der Waals surface area contributed by atoms with Crippen LogP contribution in [0.4, 0.5) is 11.4 Å². The highest BCUT2D eigenvalue weighted by Gasteiger charge is 2.13. The maximum atomic E-state index is 11.7. The summed E-state index contributed by atoms with van der Waals surface area (Å²) >= 11 is 0. The SMILES string of the molecule is CC(N)CC(=O)Nc1ccc2c(c1)CCCC(=O)N2.Cl. The third-order valence-corrected chi connectivity index (χ3v) is 3.02. The van der Waals surface area contributed by atoms with Gasteiger partial charge in [-0.2, -0.15) is 0 Å². The van der Waals surface area contributed by atoms with E-state index < -0.39 is 0 Å². The van der Waals surface area contributed by atoms with Crippen molar-refractivity contribution in [3.05, 3.63) is 23.8 Å². The van der Waals surface area contributed by atoms with Crippen LogP contribution in [0, 0.1) is 0 Å². The second-order valence-corrected chi connectivity index (χ2v) is 5.00. The highest BCUT2D eigenvalue weighted by Crippen LogP contribution is 2.25. The van der Waals surface area contributed by atoms with Gasteiger partial charge in [0.1, 0.15) is 0 Å². The van der Waals surface area contributed by atoms with Gasteiger partial charge in [0.15, 0.2) is 0 Å². The van der Waals surface area contributed by atoms with Crippen LogP contribution in [0.25, 0.3) is 0 Å². The molecule has 2 amide bonds. The highest BCUT2D eigenvalue weighted by atomic mass is 35.5. The summed E-state index contributed by atoms with van der Waals surface area (Å²) in [7, 11) is 0. The topological polar surface area (TPSA) is 84.2 Å². The summed E-state index contributed by atoms with van der Waals surface area (Å²) < 4.78 is 0. The van der Waals surface area contributed by atoms with Gasteiger partial charge in [0, 0.05) is 30.3 Å². The van der Waals surface area contributed by atoms with Crippen LogP contribution in [-0.4, -0.2) is 17.9 Å². The Morgan fingerprint density at radius 2 is 2.20 bits per heavy atom. The van der Waals surface area contributed by atoms with E-state index in [9.17, 15) is 9.59 Å². The van der Waals surface area contributed by atoms with Gasteiger partial charge in [-0.25, -0.2) is 0 Å². The smallest absolute Gasteiger partial charge is 0.225 e. The lowest BCUT2D eigenvalue weighted by molar-refractivity contribution is -0.117. The number of benzene rings is 1. The Hall–Kier alpha value is -1.59. The maximum absolute atomic E-state index is 11.7. The molecule has 4 N–H and O–H groups in total. The van der Waals surface area contributed by atoms with Crippen molar-refractivity contribution in [1.29, 1.82) is 0 Å². The summed E-state index contributed by atoms with van der Waals surface area (Å²) in [4.78, 5) is 23.1. The standard InChI is InChI=1S/C14H19N3O2.ClH/c1-9(15)7-14(19)16-11-5-6-12-10(8-11)3-2-4-13(18)17-12;/h5-6,8-9H,2-4,7,15H2,1H3,(H,16,19)(H,17,18);1H. The van der Waals surface area contributed by atoms with E-state index in [1.165, 1.54) is 0 Å². The second kappa shape index (κ2) is 7.26. The minimum Gasteiger partial charge on any atom is -0.327 e. The van der Waals surface area contributed by atoms with E-state index in [-0.39, 0.29) is 30.3 Å². The normalized spacial score (nSPS) is 15.2. The van der Waals surface area contributed by atoms with Crippen LogP contribution in [0.15, 0.2) is 18.2 Å². The molecule has 1 aromatic carbocycles. The van der Waals surface area contributed by atoms with E-state index in [0.717, 1.165) is 29.8 Å². The quantitative estimate of drug-likeness (QED) is 0.798. The van der Waals surface area contributed by atoms with Crippen LogP contribution >= 0.6 is 12.4 Å². The zero-order valence-corrected chi connectivity index (χ0v) is 12.3. The van der Waals surface area contributed by atoms with Gasteiger partial charge >= 0.3 is 0 Å². The zero-order valence-electron chi connectivity index (χ0n) is 11.4. The first-order valence-electron chi connectivity index (χ1n) is 6.53. The molecule has 0 saturated heterocycles. The Bertz CT molecular complexity index is 503. The predicted octanol–water partition coefficient (Wildman–Crippen LogP) is 2.06. The fraction of sp³-hybridized carbons (Fsp3) is 0.429. The van der Waals surface area contributed by atoms with Crippen LogP contribution in [0.2, 0.25) is 0 Å². The second-order valence-electron chi connectivity index (χ2n) is 5.00. The van der Waals surface area contributed by atoms with E-state index in [1.807, 2.05) is 12.1 Å². The van der Waals surface area contributed by atoms with Crippen molar-refractivity contribution in [2.75, 3.05) is 10.6 Å². The number of hydrogen-bond donors (Lipinski definition) is 3. The summed E-state index contributed by atoms with van der Waals surface area (Å²) in [6.07, 6.45) is 2.51. The number of fused-ring (bicyclic) bond motifs is 1. The number of anilines is 2. The van der Waals surface area contributed by atoms with Crippen LogP contribution in [0.1, 0.15) is 31.7 Å². The molecule has 0 radical (unpaired) electrons. The van der Waals surface area contributed by atoms with Crippen molar-refractivity contribution in [2.45, 2.75) is 38.6 Å². The number of aryl methyl sites for hydroxylation is 1. The Morgan fingerprint density at radius 3 is 2.90 bits per heavy atom. The van der Waals surface area contributed by atoms with Gasteiger partial charge in [-0.15, -0.1) is 12.4 Å². The molecule has 0 bridgehead atoms. The Labute approximate surface area is 124 Å². The van der Waals surface area contributed by atoms with Crippen molar-refractivity contribution < 1.29 is 9.59 Å². The highest BCUT2D eigenvalue weighted by molar-refractivity contribution is 5.94. The summed E-state index contributed by atoms with van der Waals surface area (Å²) in [5.41, 5.74) is 8.24. The zero-order chi connectivity index (χ0) is 13.8. The fourth-order valence-electron chi connectivity index (χ4n) is 2.16. The third-order valence-electron chi connectivity index (χ3n) is 3.02. The molecule has 1 aromatic rings. The lowest BCUT2D eigenvalue weighted by Gasteiger charge is -2.11. The molecule has 1 aliphatic rings.